The maximum absolute atomic E-state index is 11.1. The Morgan fingerprint density at radius 2 is 1.62 bits per heavy atom. The Balaban J connectivity index is 2.16. The molecule has 0 amide bonds. The number of carboxylic acids is 1. The van der Waals surface area contributed by atoms with Crippen LogP contribution in [0.1, 0.15) is 51.9 Å². The molecule has 2 nitrogen and oxygen atoms in total. The van der Waals surface area contributed by atoms with Crippen LogP contribution in [0.15, 0.2) is 0 Å². The largest absolute Gasteiger partial charge is 0.481 e. The maximum atomic E-state index is 11.1. The summed E-state index contributed by atoms with van der Waals surface area (Å²) in [4.78, 5) is 11.1. The van der Waals surface area contributed by atoms with Gasteiger partial charge in [-0.3, -0.25) is 4.79 Å². The molecule has 0 spiro atoms. The number of carboxylic acid groups (broad SMARTS) is 1. The molecule has 0 radical (unpaired) electrons. The summed E-state index contributed by atoms with van der Waals surface area (Å²) in [5, 5.41) is 9.17. The highest BCUT2D eigenvalue weighted by Gasteiger charge is 2.51. The molecule has 0 aromatic rings. The molecule has 2 bridgehead atoms. The second-order valence-corrected chi connectivity index (χ2v) is 4.94. The van der Waals surface area contributed by atoms with Gasteiger partial charge >= 0.3 is 5.97 Å². The maximum Gasteiger partial charge on any atom is 0.309 e. The molecule has 0 atom stereocenters. The number of rotatable bonds is 2. The Morgan fingerprint density at radius 1 is 1.15 bits per heavy atom. The predicted molar refractivity (Wildman–Crippen MR) is 50.5 cm³/mol. The normalized spacial score (nSPS) is 43.5. The summed E-state index contributed by atoms with van der Waals surface area (Å²) in [5.41, 5.74) is 0.203. The Bertz CT molecular complexity index is 208. The third-order valence-corrected chi connectivity index (χ3v) is 4.61. The molecule has 3 rings (SSSR count). The molecule has 74 valence electrons. The van der Waals surface area contributed by atoms with E-state index in [-0.39, 0.29) is 5.41 Å². The molecule has 0 saturated heterocycles. The van der Waals surface area contributed by atoms with Crippen LogP contribution in [0.5, 0.6) is 0 Å². The van der Waals surface area contributed by atoms with Gasteiger partial charge in [-0.2, -0.15) is 0 Å². The second kappa shape index (κ2) is 2.73. The van der Waals surface area contributed by atoms with E-state index in [1.54, 1.807) is 0 Å². The molecule has 0 aliphatic heterocycles. The lowest BCUT2D eigenvalue weighted by Crippen LogP contribution is -2.45. The number of carbonyl (C=O) groups is 1. The second-order valence-electron chi connectivity index (χ2n) is 4.94. The SMILES string of the molecule is CCC12CCC(C(=O)O)(CC1)CC2. The first-order valence-corrected chi connectivity index (χ1v) is 5.36. The predicted octanol–water partition coefficient (Wildman–Crippen LogP) is 2.82. The van der Waals surface area contributed by atoms with Crippen molar-refractivity contribution in [1.82, 2.24) is 0 Å². The van der Waals surface area contributed by atoms with E-state index in [1.165, 1.54) is 6.42 Å². The van der Waals surface area contributed by atoms with Gasteiger partial charge in [0.2, 0.25) is 0 Å². The highest BCUT2D eigenvalue weighted by molar-refractivity contribution is 5.75. The van der Waals surface area contributed by atoms with Crippen LogP contribution >= 0.6 is 0 Å². The monoisotopic (exact) mass is 182 g/mol. The summed E-state index contributed by atoms with van der Waals surface area (Å²) in [7, 11) is 0. The van der Waals surface area contributed by atoms with Crippen molar-refractivity contribution in [3.8, 4) is 0 Å². The summed E-state index contributed by atoms with van der Waals surface area (Å²) < 4.78 is 0. The van der Waals surface area contributed by atoms with Crippen molar-refractivity contribution in [1.29, 1.82) is 0 Å². The van der Waals surface area contributed by atoms with Gasteiger partial charge in [-0.15, -0.1) is 0 Å². The zero-order chi connectivity index (χ0) is 9.53. The standard InChI is InChI=1S/C11H18O2/c1-2-10-3-6-11(7-4-10,8-5-10)9(12)13/h2-8H2,1H3,(H,12,13). The molecule has 3 saturated carbocycles. The van der Waals surface area contributed by atoms with Crippen LogP contribution in [0, 0.1) is 10.8 Å². The Labute approximate surface area is 79.3 Å². The van der Waals surface area contributed by atoms with Gasteiger partial charge in [0.15, 0.2) is 0 Å². The van der Waals surface area contributed by atoms with E-state index in [0.29, 0.717) is 5.41 Å². The molecule has 1 N–H and O–H groups in total. The van der Waals surface area contributed by atoms with Crippen LogP contribution in [0.25, 0.3) is 0 Å². The van der Waals surface area contributed by atoms with Crippen molar-refractivity contribution in [3.63, 3.8) is 0 Å². The molecule has 0 aromatic carbocycles. The van der Waals surface area contributed by atoms with Crippen LogP contribution in [0.2, 0.25) is 0 Å². The van der Waals surface area contributed by atoms with Crippen LogP contribution in [-0.4, -0.2) is 11.1 Å². The molecular formula is C11H18O2. The van der Waals surface area contributed by atoms with Crippen molar-refractivity contribution < 1.29 is 9.90 Å². The Kier molecular flexibility index (Phi) is 1.90. The van der Waals surface area contributed by atoms with Gasteiger partial charge in [-0.25, -0.2) is 0 Å². The van der Waals surface area contributed by atoms with Gasteiger partial charge in [0.1, 0.15) is 0 Å². The lowest BCUT2D eigenvalue weighted by Gasteiger charge is -2.51. The summed E-state index contributed by atoms with van der Waals surface area (Å²) in [6, 6.07) is 0. The summed E-state index contributed by atoms with van der Waals surface area (Å²) >= 11 is 0. The van der Waals surface area contributed by atoms with Crippen molar-refractivity contribution >= 4 is 5.97 Å². The fourth-order valence-electron chi connectivity index (χ4n) is 3.11. The van der Waals surface area contributed by atoms with Crippen molar-refractivity contribution in [2.45, 2.75) is 51.9 Å². The summed E-state index contributed by atoms with van der Waals surface area (Å²) in [6.07, 6.45) is 7.46. The van der Waals surface area contributed by atoms with E-state index < -0.39 is 5.97 Å². The lowest BCUT2D eigenvalue weighted by molar-refractivity contribution is -0.159. The fourth-order valence-corrected chi connectivity index (χ4v) is 3.11. The van der Waals surface area contributed by atoms with E-state index in [9.17, 15) is 9.90 Å². The first-order chi connectivity index (χ1) is 6.13. The number of hydrogen-bond acceptors (Lipinski definition) is 1. The molecule has 3 fully saturated rings. The summed E-state index contributed by atoms with van der Waals surface area (Å²) in [6.45, 7) is 2.25. The quantitative estimate of drug-likeness (QED) is 0.713. The van der Waals surface area contributed by atoms with Gasteiger partial charge in [-0.05, 0) is 43.9 Å². The van der Waals surface area contributed by atoms with E-state index in [0.717, 1.165) is 38.5 Å². The molecule has 0 aromatic heterocycles. The van der Waals surface area contributed by atoms with Crippen molar-refractivity contribution in [2.24, 2.45) is 10.8 Å². The van der Waals surface area contributed by atoms with E-state index in [2.05, 4.69) is 6.92 Å². The molecule has 3 aliphatic carbocycles. The van der Waals surface area contributed by atoms with Crippen LogP contribution in [-0.2, 0) is 4.79 Å². The molecule has 2 heteroatoms. The van der Waals surface area contributed by atoms with Crippen LogP contribution in [0.4, 0.5) is 0 Å². The van der Waals surface area contributed by atoms with E-state index in [1.807, 2.05) is 0 Å². The van der Waals surface area contributed by atoms with Crippen LogP contribution in [0.3, 0.4) is 0 Å². The minimum absolute atomic E-state index is 0.322. The Hall–Kier alpha value is -0.530. The van der Waals surface area contributed by atoms with Crippen LogP contribution < -0.4 is 0 Å². The first kappa shape index (κ1) is 9.04. The molecular weight excluding hydrogens is 164 g/mol. The zero-order valence-electron chi connectivity index (χ0n) is 8.31. The number of hydrogen-bond donors (Lipinski definition) is 1. The number of fused-ring (bicyclic) bond motifs is 3. The highest BCUT2D eigenvalue weighted by Crippen LogP contribution is 2.58. The van der Waals surface area contributed by atoms with Gasteiger partial charge < -0.3 is 5.11 Å². The average molecular weight is 182 g/mol. The highest BCUT2D eigenvalue weighted by atomic mass is 16.4. The number of aliphatic carboxylic acids is 1. The molecule has 3 aliphatic rings. The van der Waals surface area contributed by atoms with Crippen molar-refractivity contribution in [2.75, 3.05) is 0 Å². The zero-order valence-corrected chi connectivity index (χ0v) is 8.31. The summed E-state index contributed by atoms with van der Waals surface area (Å²) in [5.74, 6) is -0.545. The van der Waals surface area contributed by atoms with Gasteiger partial charge in [0, 0.05) is 0 Å². The van der Waals surface area contributed by atoms with Gasteiger partial charge in [-0.1, -0.05) is 13.3 Å². The fraction of sp³-hybridized carbons (Fsp3) is 0.909. The molecule has 0 heterocycles. The smallest absolute Gasteiger partial charge is 0.309 e. The third-order valence-electron chi connectivity index (χ3n) is 4.61. The molecule has 13 heavy (non-hydrogen) atoms. The minimum Gasteiger partial charge on any atom is -0.481 e. The Morgan fingerprint density at radius 3 is 1.92 bits per heavy atom. The van der Waals surface area contributed by atoms with Crippen molar-refractivity contribution in [3.05, 3.63) is 0 Å². The first-order valence-electron chi connectivity index (χ1n) is 5.36. The van der Waals surface area contributed by atoms with Gasteiger partial charge in [0.05, 0.1) is 5.41 Å². The third kappa shape index (κ3) is 1.18. The lowest BCUT2D eigenvalue weighted by atomic mass is 9.53. The topological polar surface area (TPSA) is 37.3 Å². The molecule has 0 unspecified atom stereocenters. The average Bonchev–Trinajstić information content (AvgIpc) is 2.20. The minimum atomic E-state index is -0.545. The van der Waals surface area contributed by atoms with Gasteiger partial charge in [0.25, 0.3) is 0 Å². The van der Waals surface area contributed by atoms with E-state index >= 15 is 0 Å². The van der Waals surface area contributed by atoms with E-state index in [4.69, 9.17) is 0 Å².